The molecule has 0 fully saturated rings. The third-order valence-electron chi connectivity index (χ3n) is 6.02. The van der Waals surface area contributed by atoms with Gasteiger partial charge >= 0.3 is 0 Å². The maximum atomic E-state index is 3.52. The van der Waals surface area contributed by atoms with Gasteiger partial charge in [0.15, 0.2) is 0 Å². The Balaban J connectivity index is 0.00000124. The first-order valence-electron chi connectivity index (χ1n) is 11.6. The molecule has 0 radical (unpaired) electrons. The molecule has 174 valence electrons. The molecule has 5 heteroatoms. The van der Waals surface area contributed by atoms with Gasteiger partial charge in [-0.15, -0.1) is 34.7 Å². The van der Waals surface area contributed by atoms with E-state index in [0.29, 0.717) is 0 Å². The number of benzene rings is 4. The largest absolute Gasteiger partial charge is 0.355 e. The highest BCUT2D eigenvalue weighted by Gasteiger charge is 2.16. The minimum atomic E-state index is 1.08. The molecular formula is C30H26N2S3. The molecule has 1 heterocycles. The molecule has 1 aromatic heterocycles. The summed E-state index contributed by atoms with van der Waals surface area (Å²) in [5, 5.41) is 6.13. The number of allylic oxidation sites excluding steroid dienone is 3. The summed E-state index contributed by atoms with van der Waals surface area (Å²) in [6.45, 7) is 0. The molecule has 5 aromatic rings. The van der Waals surface area contributed by atoms with Crippen molar-refractivity contribution in [3.05, 3.63) is 121 Å². The molecule has 0 saturated carbocycles. The lowest BCUT2D eigenvalue weighted by Gasteiger charge is -2.27. The Kier molecular flexibility index (Phi) is 7.48. The van der Waals surface area contributed by atoms with Crippen LogP contribution in [0.15, 0.2) is 121 Å². The molecule has 2 nitrogen and oxygen atoms in total. The van der Waals surface area contributed by atoms with Gasteiger partial charge in [-0.3, -0.25) is 0 Å². The fourth-order valence-corrected chi connectivity index (χ4v) is 5.59. The third-order valence-corrected chi connectivity index (χ3v) is 7.16. The van der Waals surface area contributed by atoms with Crippen molar-refractivity contribution in [2.75, 3.05) is 10.2 Å². The summed E-state index contributed by atoms with van der Waals surface area (Å²) in [4.78, 5) is 2.37. The van der Waals surface area contributed by atoms with Gasteiger partial charge in [0.1, 0.15) is 0 Å². The number of anilines is 4. The van der Waals surface area contributed by atoms with Crippen LogP contribution in [0.4, 0.5) is 22.7 Å². The SMILES string of the molecule is C1=CC(N(c2ccccc2)c2ccc3sc4cc(Nc5ccccc5)ccc4c3c2)=CCC1.SS. The average Bonchev–Trinajstić information content (AvgIpc) is 3.29. The Hall–Kier alpha value is -3.12. The first kappa shape index (κ1) is 23.6. The van der Waals surface area contributed by atoms with E-state index in [1.165, 1.54) is 37.2 Å². The van der Waals surface area contributed by atoms with Crippen LogP contribution in [-0.2, 0) is 0 Å². The molecule has 4 aromatic carbocycles. The van der Waals surface area contributed by atoms with Crippen molar-refractivity contribution in [2.24, 2.45) is 0 Å². The summed E-state index contributed by atoms with van der Waals surface area (Å²) in [7, 11) is 0. The second-order valence-corrected chi connectivity index (χ2v) is 9.35. The fraction of sp³-hybridized carbons (Fsp3) is 0.0667. The summed E-state index contributed by atoms with van der Waals surface area (Å²) >= 11 is 8.30. The van der Waals surface area contributed by atoms with Gasteiger partial charge in [-0.25, -0.2) is 0 Å². The lowest BCUT2D eigenvalue weighted by Crippen LogP contribution is -2.15. The predicted molar refractivity (Wildman–Crippen MR) is 162 cm³/mol. The minimum absolute atomic E-state index is 1.08. The Morgan fingerprint density at radius 2 is 1.43 bits per heavy atom. The number of hydrogen-bond donors (Lipinski definition) is 3. The van der Waals surface area contributed by atoms with Gasteiger partial charge in [0.2, 0.25) is 0 Å². The van der Waals surface area contributed by atoms with E-state index in [4.69, 9.17) is 0 Å². The van der Waals surface area contributed by atoms with E-state index < -0.39 is 0 Å². The summed E-state index contributed by atoms with van der Waals surface area (Å²) in [5.74, 6) is 0. The smallest absolute Gasteiger partial charge is 0.0468 e. The van der Waals surface area contributed by atoms with Crippen LogP contribution in [0.2, 0.25) is 0 Å². The van der Waals surface area contributed by atoms with Crippen molar-refractivity contribution in [2.45, 2.75) is 12.8 Å². The molecule has 0 spiro atoms. The zero-order valence-electron chi connectivity index (χ0n) is 19.1. The Labute approximate surface area is 220 Å². The average molecular weight is 511 g/mol. The summed E-state index contributed by atoms with van der Waals surface area (Å²) in [5.41, 5.74) is 5.83. The highest BCUT2D eigenvalue weighted by molar-refractivity contribution is 8.59. The van der Waals surface area contributed by atoms with Crippen molar-refractivity contribution in [3.63, 3.8) is 0 Å². The number of nitrogens with one attached hydrogen (secondary N) is 1. The highest BCUT2D eigenvalue weighted by Crippen LogP contribution is 2.40. The van der Waals surface area contributed by atoms with E-state index in [9.17, 15) is 0 Å². The van der Waals surface area contributed by atoms with Gasteiger partial charge in [-0.1, -0.05) is 54.6 Å². The van der Waals surface area contributed by atoms with Crippen LogP contribution in [0.5, 0.6) is 0 Å². The maximum Gasteiger partial charge on any atom is 0.0468 e. The van der Waals surface area contributed by atoms with Crippen molar-refractivity contribution in [3.8, 4) is 0 Å². The number of nitrogens with zero attached hydrogens (tertiary/aromatic N) is 1. The monoisotopic (exact) mass is 510 g/mol. The van der Waals surface area contributed by atoms with Gasteiger partial charge < -0.3 is 10.2 Å². The number of thiol groups is 2. The predicted octanol–water partition coefficient (Wildman–Crippen LogP) is 9.93. The number of hydrogen-bond acceptors (Lipinski definition) is 5. The molecule has 1 aliphatic rings. The first-order valence-corrected chi connectivity index (χ1v) is 14.0. The van der Waals surface area contributed by atoms with Gasteiger partial charge in [0.25, 0.3) is 0 Å². The molecule has 0 saturated heterocycles. The lowest BCUT2D eigenvalue weighted by molar-refractivity contribution is 0.997. The molecular weight excluding hydrogens is 485 g/mol. The Morgan fingerprint density at radius 3 is 2.17 bits per heavy atom. The van der Waals surface area contributed by atoms with Crippen LogP contribution in [0.1, 0.15) is 12.8 Å². The molecule has 1 aliphatic carbocycles. The Morgan fingerprint density at radius 1 is 0.657 bits per heavy atom. The number of thiophene rings is 1. The van der Waals surface area contributed by atoms with Crippen LogP contribution in [0.25, 0.3) is 20.2 Å². The van der Waals surface area contributed by atoms with Gasteiger partial charge in [-0.05, 0) is 73.5 Å². The van der Waals surface area contributed by atoms with Crippen molar-refractivity contribution < 1.29 is 0 Å². The summed E-state index contributed by atoms with van der Waals surface area (Å²) in [6, 6.07) is 34.5. The van der Waals surface area contributed by atoms with Gasteiger partial charge in [-0.2, -0.15) is 0 Å². The van der Waals surface area contributed by atoms with Crippen LogP contribution in [0, 0.1) is 0 Å². The Bertz CT molecular complexity index is 1490. The second-order valence-electron chi connectivity index (χ2n) is 8.26. The highest BCUT2D eigenvalue weighted by atomic mass is 33.1. The van der Waals surface area contributed by atoms with Crippen molar-refractivity contribution in [1.82, 2.24) is 0 Å². The van der Waals surface area contributed by atoms with Crippen LogP contribution in [-0.4, -0.2) is 0 Å². The standard InChI is InChI=1S/C30H24N2S.H2S2/c1-4-10-22(11-5-1)31-23-16-18-27-28-21-26(17-19-29(28)33-30(27)20-23)32(24-12-6-2-7-13-24)25-14-8-3-9-15-25;1-2/h1-2,4-8,10-21,31H,3,9H2;1-2H. The molecule has 0 bridgehead atoms. The van der Waals surface area contributed by atoms with Crippen LogP contribution in [0.3, 0.4) is 0 Å². The topological polar surface area (TPSA) is 15.3 Å². The van der Waals surface area contributed by atoms with E-state index in [1.54, 1.807) is 0 Å². The van der Waals surface area contributed by atoms with Crippen molar-refractivity contribution >= 4 is 77.6 Å². The molecule has 0 amide bonds. The zero-order valence-corrected chi connectivity index (χ0v) is 21.7. The third kappa shape index (κ3) is 5.13. The minimum Gasteiger partial charge on any atom is -0.355 e. The van der Waals surface area contributed by atoms with Crippen molar-refractivity contribution in [1.29, 1.82) is 0 Å². The number of para-hydroxylation sites is 2. The van der Waals surface area contributed by atoms with E-state index in [1.807, 2.05) is 17.4 Å². The van der Waals surface area contributed by atoms with E-state index >= 15 is 0 Å². The molecule has 0 atom stereocenters. The zero-order chi connectivity index (χ0) is 24.0. The van der Waals surface area contributed by atoms with Crippen LogP contribution >= 0.6 is 34.7 Å². The van der Waals surface area contributed by atoms with E-state index in [2.05, 4.69) is 143 Å². The lowest BCUT2D eigenvalue weighted by atomic mass is 10.1. The van der Waals surface area contributed by atoms with Crippen LogP contribution < -0.4 is 10.2 Å². The molecule has 0 unspecified atom stereocenters. The maximum absolute atomic E-state index is 3.52. The van der Waals surface area contributed by atoms with Gasteiger partial charge in [0.05, 0.1) is 0 Å². The first-order chi connectivity index (χ1) is 17.3. The van der Waals surface area contributed by atoms with E-state index in [0.717, 1.165) is 24.2 Å². The quantitative estimate of drug-likeness (QED) is 0.161. The summed E-state index contributed by atoms with van der Waals surface area (Å²) < 4.78 is 2.61. The summed E-state index contributed by atoms with van der Waals surface area (Å²) in [6.07, 6.45) is 9.04. The molecule has 6 rings (SSSR count). The number of fused-ring (bicyclic) bond motifs is 3. The normalized spacial score (nSPS) is 12.7. The fourth-order valence-electron chi connectivity index (χ4n) is 4.46. The molecule has 1 N–H and O–H groups in total. The number of rotatable bonds is 5. The molecule has 35 heavy (non-hydrogen) atoms. The molecule has 0 aliphatic heterocycles. The van der Waals surface area contributed by atoms with Gasteiger partial charge in [0, 0.05) is 48.6 Å². The second kappa shape index (κ2) is 11.1. The van der Waals surface area contributed by atoms with E-state index in [-0.39, 0.29) is 0 Å².